The Kier molecular flexibility index (Phi) is 9.52. The van der Waals surface area contributed by atoms with Gasteiger partial charge in [-0.2, -0.15) is 9.97 Å². The van der Waals surface area contributed by atoms with Crippen molar-refractivity contribution in [3.05, 3.63) is 261 Å². The molecule has 19 aromatic rings. The molecule has 0 amide bonds. The average molecular weight is 1110 g/mol. The Hall–Kier alpha value is -10.7. The SMILES string of the molecule is c1ccc(-n2c3ccccc3c3c(-n4c5ccccc5c5c(-n6c7ccccc7c7ccc8c9ccccc9n(-c9nc(-c%10ccc%11sc%12ccccc%12c%11c%10)nc(-c%10ccc%11sc%12ccccc%12c%11c%10)n9)c8c76)cccc54)cccc32)cc1. The molecular formula is C75H43N7S2. The van der Waals surface area contributed by atoms with Crippen LogP contribution in [0.15, 0.2) is 261 Å². The van der Waals surface area contributed by atoms with Gasteiger partial charge in [0.1, 0.15) is 0 Å². The lowest BCUT2D eigenvalue weighted by Gasteiger charge is -2.15. The van der Waals surface area contributed by atoms with Crippen LogP contribution >= 0.6 is 22.7 Å². The van der Waals surface area contributed by atoms with E-state index in [1.165, 1.54) is 62.0 Å². The summed E-state index contributed by atoms with van der Waals surface area (Å²) in [6.45, 7) is 0. The number of para-hydroxylation sites is 5. The van der Waals surface area contributed by atoms with E-state index in [-0.39, 0.29) is 0 Å². The molecule has 0 saturated heterocycles. The van der Waals surface area contributed by atoms with Crippen LogP contribution in [0.2, 0.25) is 0 Å². The Bertz CT molecular complexity index is 5880. The van der Waals surface area contributed by atoms with E-state index in [0.29, 0.717) is 17.6 Å². The fraction of sp³-hybridized carbons (Fsp3) is 0. The molecule has 7 nitrogen and oxygen atoms in total. The molecule has 0 spiro atoms. The Balaban J connectivity index is 0.914. The predicted octanol–water partition coefficient (Wildman–Crippen LogP) is 20.3. The minimum Gasteiger partial charge on any atom is -0.309 e. The number of hydrogen-bond acceptors (Lipinski definition) is 5. The molecule has 7 aromatic heterocycles. The smallest absolute Gasteiger partial charge is 0.238 e. The molecule has 0 unspecified atom stereocenters. The van der Waals surface area contributed by atoms with Crippen LogP contribution in [0.1, 0.15) is 0 Å². The third-order valence-corrected chi connectivity index (χ3v) is 19.7. The molecule has 0 aliphatic carbocycles. The average Bonchev–Trinajstić information content (AvgIpc) is 2.42. The minimum atomic E-state index is 0.550. The third kappa shape index (κ3) is 6.42. The van der Waals surface area contributed by atoms with Gasteiger partial charge in [0.2, 0.25) is 5.95 Å². The molecule has 390 valence electrons. The first-order chi connectivity index (χ1) is 41.7. The maximum atomic E-state index is 5.64. The molecule has 84 heavy (non-hydrogen) atoms. The minimum absolute atomic E-state index is 0.550. The van der Waals surface area contributed by atoms with Gasteiger partial charge in [-0.25, -0.2) is 4.98 Å². The molecule has 0 atom stereocenters. The fourth-order valence-electron chi connectivity index (χ4n) is 13.9. The standard InChI is InChI=1S/C75H43N7S2/c1-2-18-46(19-3-1)79-59-28-12-6-24-53(59)69-61(79)30-16-31-62(69)80-60-29-13-7-25-54(60)70-63(80)32-17-33-64(70)81-57-26-10-4-20-47(57)51-38-39-52-48-21-5-11-27-58(48)82(72(52)71(51)81)75-77-73(44-36-40-67-55(42-44)49-22-8-14-34-65(49)83-67)76-74(78-75)45-37-41-68-56(43-45)50-23-9-15-35-66(50)84-68/h1-43H. The first kappa shape index (κ1) is 46.0. The number of rotatable bonds is 6. The lowest BCUT2D eigenvalue weighted by atomic mass is 10.1. The number of fused-ring (bicyclic) bond motifs is 19. The van der Waals surface area contributed by atoms with Crippen molar-refractivity contribution < 1.29 is 0 Å². The van der Waals surface area contributed by atoms with E-state index in [0.717, 1.165) is 93.7 Å². The second-order valence-electron chi connectivity index (χ2n) is 21.8. The molecule has 0 saturated carbocycles. The van der Waals surface area contributed by atoms with E-state index in [4.69, 9.17) is 15.0 Å². The van der Waals surface area contributed by atoms with Crippen molar-refractivity contribution in [1.29, 1.82) is 0 Å². The molecular weight excluding hydrogens is 1060 g/mol. The number of nitrogens with zero attached hydrogens (tertiary/aromatic N) is 7. The van der Waals surface area contributed by atoms with Crippen LogP contribution in [-0.4, -0.2) is 33.2 Å². The van der Waals surface area contributed by atoms with Crippen LogP contribution in [-0.2, 0) is 0 Å². The van der Waals surface area contributed by atoms with Gasteiger partial charge in [-0.15, -0.1) is 22.7 Å². The zero-order valence-corrected chi connectivity index (χ0v) is 46.4. The number of thiophene rings is 2. The summed E-state index contributed by atoms with van der Waals surface area (Å²) in [6.07, 6.45) is 0. The second-order valence-corrected chi connectivity index (χ2v) is 24.0. The summed E-state index contributed by atoms with van der Waals surface area (Å²) < 4.78 is 14.7. The maximum Gasteiger partial charge on any atom is 0.238 e. The number of aromatic nitrogens is 7. The normalized spacial score (nSPS) is 12.3. The van der Waals surface area contributed by atoms with Crippen LogP contribution in [0, 0.1) is 0 Å². The van der Waals surface area contributed by atoms with E-state index < -0.39 is 0 Å². The van der Waals surface area contributed by atoms with E-state index >= 15 is 0 Å². The molecule has 0 bridgehead atoms. The van der Waals surface area contributed by atoms with E-state index in [1.54, 1.807) is 0 Å². The highest BCUT2D eigenvalue weighted by Gasteiger charge is 2.27. The summed E-state index contributed by atoms with van der Waals surface area (Å²) >= 11 is 3.63. The summed E-state index contributed by atoms with van der Waals surface area (Å²) in [5.74, 6) is 1.77. The van der Waals surface area contributed by atoms with Gasteiger partial charge < -0.3 is 13.7 Å². The largest absolute Gasteiger partial charge is 0.309 e. The van der Waals surface area contributed by atoms with E-state index in [9.17, 15) is 0 Å². The zero-order chi connectivity index (χ0) is 54.7. The van der Waals surface area contributed by atoms with Crippen molar-refractivity contribution in [2.75, 3.05) is 0 Å². The van der Waals surface area contributed by atoms with Crippen LogP contribution < -0.4 is 0 Å². The first-order valence-electron chi connectivity index (χ1n) is 28.3. The first-order valence-corrected chi connectivity index (χ1v) is 30.0. The van der Waals surface area contributed by atoms with Crippen LogP contribution in [0.25, 0.3) is 173 Å². The highest BCUT2D eigenvalue weighted by atomic mass is 32.1. The van der Waals surface area contributed by atoms with Gasteiger partial charge in [0, 0.05) is 100 Å². The Morgan fingerprint density at radius 3 is 1.21 bits per heavy atom. The molecule has 7 heterocycles. The van der Waals surface area contributed by atoms with Gasteiger partial charge in [0.15, 0.2) is 11.6 Å². The molecule has 19 rings (SSSR count). The molecule has 12 aromatic carbocycles. The van der Waals surface area contributed by atoms with Gasteiger partial charge in [0.25, 0.3) is 0 Å². The van der Waals surface area contributed by atoms with Gasteiger partial charge >= 0.3 is 0 Å². The fourth-order valence-corrected chi connectivity index (χ4v) is 16.1. The zero-order valence-electron chi connectivity index (χ0n) is 44.8. The van der Waals surface area contributed by atoms with Crippen LogP contribution in [0.5, 0.6) is 0 Å². The van der Waals surface area contributed by atoms with Gasteiger partial charge in [-0.1, -0.05) is 152 Å². The lowest BCUT2D eigenvalue weighted by Crippen LogP contribution is -2.07. The summed E-state index contributed by atoms with van der Waals surface area (Å²) in [5, 5.41) is 14.1. The Labute approximate surface area is 487 Å². The number of benzene rings is 12. The van der Waals surface area contributed by atoms with Crippen LogP contribution in [0.3, 0.4) is 0 Å². The maximum absolute atomic E-state index is 5.64. The predicted molar refractivity (Wildman–Crippen MR) is 354 cm³/mol. The topological polar surface area (TPSA) is 58.4 Å². The van der Waals surface area contributed by atoms with E-state index in [2.05, 4.69) is 279 Å². The summed E-state index contributed by atoms with van der Waals surface area (Å²) in [4.78, 5) is 16.7. The summed E-state index contributed by atoms with van der Waals surface area (Å²) in [6, 6.07) is 95.0. The lowest BCUT2D eigenvalue weighted by molar-refractivity contribution is 0.954. The van der Waals surface area contributed by atoms with Gasteiger partial charge in [-0.05, 0) is 109 Å². The molecule has 0 N–H and O–H groups in total. The number of hydrogen-bond donors (Lipinski definition) is 0. The third-order valence-electron chi connectivity index (χ3n) is 17.4. The van der Waals surface area contributed by atoms with Crippen molar-refractivity contribution in [1.82, 2.24) is 33.2 Å². The second kappa shape index (κ2) is 17.4. The van der Waals surface area contributed by atoms with Gasteiger partial charge in [0.05, 0.1) is 55.5 Å². The van der Waals surface area contributed by atoms with Crippen molar-refractivity contribution >= 4 is 150 Å². The van der Waals surface area contributed by atoms with Gasteiger partial charge in [-0.3, -0.25) is 4.57 Å². The monoisotopic (exact) mass is 1110 g/mol. The highest BCUT2D eigenvalue weighted by molar-refractivity contribution is 7.26. The quantitative estimate of drug-likeness (QED) is 0.167. The Morgan fingerprint density at radius 1 is 0.250 bits per heavy atom. The summed E-state index contributed by atoms with van der Waals surface area (Å²) in [5.41, 5.74) is 14.0. The molecule has 9 heteroatoms. The van der Waals surface area contributed by atoms with E-state index in [1.807, 2.05) is 22.7 Å². The Morgan fingerprint density at radius 2 is 0.655 bits per heavy atom. The van der Waals surface area contributed by atoms with Crippen LogP contribution in [0.4, 0.5) is 0 Å². The van der Waals surface area contributed by atoms with Crippen molar-refractivity contribution in [3.63, 3.8) is 0 Å². The summed E-state index contributed by atoms with van der Waals surface area (Å²) in [7, 11) is 0. The van der Waals surface area contributed by atoms with Crippen molar-refractivity contribution in [3.8, 4) is 45.8 Å². The van der Waals surface area contributed by atoms with Crippen molar-refractivity contribution in [2.24, 2.45) is 0 Å². The molecule has 0 aliphatic heterocycles. The molecule has 0 aliphatic rings. The highest BCUT2D eigenvalue weighted by Crippen LogP contribution is 2.47. The molecule has 0 radical (unpaired) electrons. The van der Waals surface area contributed by atoms with Crippen molar-refractivity contribution in [2.45, 2.75) is 0 Å². The molecule has 0 fully saturated rings.